The van der Waals surface area contributed by atoms with Crippen molar-refractivity contribution in [3.8, 4) is 0 Å². The Morgan fingerprint density at radius 3 is 2.64 bits per heavy atom. The minimum absolute atomic E-state index is 0.140. The maximum Gasteiger partial charge on any atom is 0.264 e. The Labute approximate surface area is 138 Å². The molecule has 1 fully saturated rings. The van der Waals surface area contributed by atoms with Crippen molar-refractivity contribution in [2.75, 3.05) is 0 Å². The van der Waals surface area contributed by atoms with E-state index >= 15 is 0 Å². The molecule has 22 heavy (non-hydrogen) atoms. The van der Waals surface area contributed by atoms with Gasteiger partial charge in [0.05, 0.1) is 15.6 Å². The van der Waals surface area contributed by atoms with Gasteiger partial charge < -0.3 is 5.32 Å². The van der Waals surface area contributed by atoms with E-state index in [4.69, 9.17) is 11.6 Å². The van der Waals surface area contributed by atoms with Gasteiger partial charge in [0, 0.05) is 0 Å². The van der Waals surface area contributed by atoms with Crippen LogP contribution in [0.5, 0.6) is 0 Å². The highest BCUT2D eigenvalue weighted by atomic mass is 35.5. The molecule has 1 aliphatic rings. The quantitative estimate of drug-likeness (QED) is 0.822. The van der Waals surface area contributed by atoms with Gasteiger partial charge in [0.15, 0.2) is 5.17 Å². The number of halogens is 1. The molecule has 1 heterocycles. The van der Waals surface area contributed by atoms with Crippen LogP contribution in [0.25, 0.3) is 6.08 Å². The lowest BCUT2D eigenvalue weighted by Crippen LogP contribution is -2.19. The van der Waals surface area contributed by atoms with Crippen LogP contribution in [0, 0.1) is 6.92 Å². The fourth-order valence-electron chi connectivity index (χ4n) is 2.02. The summed E-state index contributed by atoms with van der Waals surface area (Å²) in [5.74, 6) is -0.140. The molecular weight excluding hydrogens is 316 g/mol. The fourth-order valence-corrected chi connectivity index (χ4v) is 3.03. The van der Waals surface area contributed by atoms with Crippen LogP contribution in [-0.2, 0) is 4.79 Å². The number of hydrogen-bond acceptors (Lipinski definition) is 3. The van der Waals surface area contributed by atoms with E-state index in [-0.39, 0.29) is 5.91 Å². The van der Waals surface area contributed by atoms with Crippen molar-refractivity contribution in [3.05, 3.63) is 69.6 Å². The third-order valence-electron chi connectivity index (χ3n) is 3.20. The summed E-state index contributed by atoms with van der Waals surface area (Å²) in [6.45, 7) is 2.02. The van der Waals surface area contributed by atoms with Crippen LogP contribution in [-0.4, -0.2) is 11.1 Å². The van der Waals surface area contributed by atoms with Crippen molar-refractivity contribution < 1.29 is 4.79 Å². The number of aryl methyl sites for hydroxylation is 1. The monoisotopic (exact) mass is 328 g/mol. The van der Waals surface area contributed by atoms with Crippen LogP contribution in [0.1, 0.15) is 11.1 Å². The predicted octanol–water partition coefficient (Wildman–Crippen LogP) is 4.54. The summed E-state index contributed by atoms with van der Waals surface area (Å²) in [5.41, 5.74) is 2.79. The molecular formula is C17H13ClN2OS. The smallest absolute Gasteiger partial charge is 0.264 e. The Morgan fingerprint density at radius 1 is 1.14 bits per heavy atom. The number of amides is 1. The van der Waals surface area contributed by atoms with Crippen molar-refractivity contribution in [2.24, 2.45) is 4.99 Å². The van der Waals surface area contributed by atoms with Gasteiger partial charge in [-0.3, -0.25) is 4.79 Å². The Morgan fingerprint density at radius 2 is 1.86 bits per heavy atom. The van der Waals surface area contributed by atoms with Crippen LogP contribution in [0.15, 0.2) is 58.4 Å². The van der Waals surface area contributed by atoms with Gasteiger partial charge >= 0.3 is 0 Å². The average molecular weight is 329 g/mol. The molecule has 0 unspecified atom stereocenters. The summed E-state index contributed by atoms with van der Waals surface area (Å²) in [7, 11) is 0. The van der Waals surface area contributed by atoms with Crippen LogP contribution in [0.3, 0.4) is 0 Å². The first kappa shape index (κ1) is 14.9. The van der Waals surface area contributed by atoms with Gasteiger partial charge in [0.1, 0.15) is 0 Å². The molecule has 0 spiro atoms. The number of aliphatic imine (C=N–C) groups is 1. The molecule has 0 atom stereocenters. The number of nitrogens with zero attached hydrogens (tertiary/aromatic N) is 1. The average Bonchev–Trinajstić information content (AvgIpc) is 2.84. The molecule has 0 aliphatic carbocycles. The maximum atomic E-state index is 12.1. The van der Waals surface area contributed by atoms with Crippen molar-refractivity contribution in [1.29, 1.82) is 0 Å². The molecule has 1 amide bonds. The highest BCUT2D eigenvalue weighted by Gasteiger charge is 2.24. The highest BCUT2D eigenvalue weighted by Crippen LogP contribution is 2.31. The first-order chi connectivity index (χ1) is 10.6. The second-order valence-electron chi connectivity index (χ2n) is 4.79. The molecule has 2 aromatic rings. The summed E-state index contributed by atoms with van der Waals surface area (Å²) in [6, 6.07) is 15.2. The Kier molecular flexibility index (Phi) is 4.32. The molecule has 0 aromatic heterocycles. The summed E-state index contributed by atoms with van der Waals surface area (Å²) in [4.78, 5) is 17.1. The molecule has 1 saturated heterocycles. The fraction of sp³-hybridized carbons (Fsp3) is 0.0588. The number of thioether (sulfide) groups is 1. The van der Waals surface area contributed by atoms with Gasteiger partial charge in [-0.25, -0.2) is 4.99 Å². The molecule has 110 valence electrons. The van der Waals surface area contributed by atoms with Gasteiger partial charge in [0.2, 0.25) is 0 Å². The van der Waals surface area contributed by atoms with Gasteiger partial charge in [-0.15, -0.1) is 0 Å². The normalized spacial score (nSPS) is 18.0. The molecule has 0 bridgehead atoms. The van der Waals surface area contributed by atoms with Gasteiger partial charge in [-0.05, 0) is 48.0 Å². The van der Waals surface area contributed by atoms with Crippen LogP contribution >= 0.6 is 23.4 Å². The van der Waals surface area contributed by atoms with E-state index in [1.54, 1.807) is 6.07 Å². The third-order valence-corrected chi connectivity index (χ3v) is 4.43. The summed E-state index contributed by atoms with van der Waals surface area (Å²) >= 11 is 7.40. The Hall–Kier alpha value is -2.04. The van der Waals surface area contributed by atoms with E-state index in [0.29, 0.717) is 20.8 Å². The minimum atomic E-state index is -0.140. The number of carbonyl (C=O) groups excluding carboxylic acids is 1. The lowest BCUT2D eigenvalue weighted by atomic mass is 10.1. The zero-order valence-electron chi connectivity index (χ0n) is 11.8. The van der Waals surface area contributed by atoms with Gasteiger partial charge in [-0.2, -0.15) is 0 Å². The van der Waals surface area contributed by atoms with Crippen LogP contribution in [0.2, 0.25) is 5.02 Å². The van der Waals surface area contributed by atoms with E-state index < -0.39 is 0 Å². The Balaban J connectivity index is 1.88. The second-order valence-corrected chi connectivity index (χ2v) is 6.23. The Bertz CT molecular complexity index is 799. The molecule has 1 aliphatic heterocycles. The van der Waals surface area contributed by atoms with Crippen LogP contribution in [0.4, 0.5) is 5.69 Å². The predicted molar refractivity (Wildman–Crippen MR) is 93.4 cm³/mol. The van der Waals surface area contributed by atoms with E-state index in [1.165, 1.54) is 11.8 Å². The van der Waals surface area contributed by atoms with E-state index in [9.17, 15) is 4.79 Å². The van der Waals surface area contributed by atoms with Crippen LogP contribution < -0.4 is 5.32 Å². The van der Waals surface area contributed by atoms with Gasteiger partial charge in [0.25, 0.3) is 5.91 Å². The van der Waals surface area contributed by atoms with Crippen molar-refractivity contribution in [1.82, 2.24) is 5.32 Å². The second kappa shape index (κ2) is 6.38. The zero-order valence-corrected chi connectivity index (χ0v) is 13.4. The third kappa shape index (κ3) is 3.24. The molecule has 3 nitrogen and oxygen atoms in total. The van der Waals surface area contributed by atoms with Crippen molar-refractivity contribution in [2.45, 2.75) is 6.92 Å². The zero-order chi connectivity index (χ0) is 15.5. The van der Waals surface area contributed by atoms with Crippen molar-refractivity contribution >= 4 is 46.2 Å². The standard InChI is InChI=1S/C17H13ClN2OS/c1-11-6-2-3-7-12(11)10-15-16(21)20-17(22-15)19-14-9-5-4-8-13(14)18/h2-10H,1H3,(H,19,20,21). The summed E-state index contributed by atoms with van der Waals surface area (Å²) < 4.78 is 0. The first-order valence-electron chi connectivity index (χ1n) is 6.73. The summed E-state index contributed by atoms with van der Waals surface area (Å²) in [6.07, 6.45) is 1.88. The van der Waals surface area contributed by atoms with E-state index in [0.717, 1.165) is 11.1 Å². The number of hydrogen-bond donors (Lipinski definition) is 1. The number of rotatable bonds is 2. The number of carbonyl (C=O) groups is 1. The molecule has 1 N–H and O–H groups in total. The molecule has 5 heteroatoms. The number of amidine groups is 1. The highest BCUT2D eigenvalue weighted by molar-refractivity contribution is 8.18. The maximum absolute atomic E-state index is 12.1. The molecule has 0 saturated carbocycles. The lowest BCUT2D eigenvalue weighted by molar-refractivity contribution is -0.115. The lowest BCUT2D eigenvalue weighted by Gasteiger charge is -1.99. The SMILES string of the molecule is Cc1ccccc1C=C1SC(=Nc2ccccc2Cl)NC1=O. The number of para-hydroxylation sites is 1. The number of benzene rings is 2. The molecule has 3 rings (SSSR count). The van der Waals surface area contributed by atoms with Crippen molar-refractivity contribution in [3.63, 3.8) is 0 Å². The van der Waals surface area contributed by atoms with E-state index in [2.05, 4.69) is 10.3 Å². The largest absolute Gasteiger partial charge is 0.300 e. The van der Waals surface area contributed by atoms with Gasteiger partial charge in [-0.1, -0.05) is 48.0 Å². The summed E-state index contributed by atoms with van der Waals surface area (Å²) in [5, 5.41) is 3.86. The first-order valence-corrected chi connectivity index (χ1v) is 7.93. The van der Waals surface area contributed by atoms with E-state index in [1.807, 2.05) is 55.5 Å². The molecule has 2 aromatic carbocycles. The minimum Gasteiger partial charge on any atom is -0.300 e. The topological polar surface area (TPSA) is 41.5 Å². The molecule has 0 radical (unpaired) electrons. The number of nitrogens with one attached hydrogen (secondary N) is 1.